The fourth-order valence-electron chi connectivity index (χ4n) is 1.29. The first kappa shape index (κ1) is 10.7. The SMILES string of the molecule is CC(C)c1cccc(CC(=O)NO)c1. The molecule has 0 heterocycles. The lowest BCUT2D eigenvalue weighted by Gasteiger charge is -2.07. The summed E-state index contributed by atoms with van der Waals surface area (Å²) in [4.78, 5) is 10.9. The van der Waals surface area contributed by atoms with Crippen molar-refractivity contribution < 1.29 is 10.0 Å². The third-order valence-electron chi connectivity index (χ3n) is 2.11. The van der Waals surface area contributed by atoms with Crippen molar-refractivity contribution in [3.05, 3.63) is 35.4 Å². The lowest BCUT2D eigenvalue weighted by Crippen LogP contribution is -2.20. The smallest absolute Gasteiger partial charge is 0.247 e. The molecule has 0 atom stereocenters. The molecule has 3 heteroatoms. The zero-order valence-electron chi connectivity index (χ0n) is 8.45. The summed E-state index contributed by atoms with van der Waals surface area (Å²) in [5.41, 5.74) is 3.74. The quantitative estimate of drug-likeness (QED) is 0.568. The number of amides is 1. The van der Waals surface area contributed by atoms with Crippen molar-refractivity contribution in [2.24, 2.45) is 0 Å². The van der Waals surface area contributed by atoms with Crippen molar-refractivity contribution in [2.45, 2.75) is 26.2 Å². The van der Waals surface area contributed by atoms with Crippen molar-refractivity contribution in [2.75, 3.05) is 0 Å². The number of carbonyl (C=O) groups is 1. The number of hydroxylamine groups is 1. The maximum Gasteiger partial charge on any atom is 0.247 e. The summed E-state index contributed by atoms with van der Waals surface area (Å²) < 4.78 is 0. The van der Waals surface area contributed by atoms with Gasteiger partial charge in [0.2, 0.25) is 5.91 Å². The van der Waals surface area contributed by atoms with Gasteiger partial charge in [0.15, 0.2) is 0 Å². The molecule has 1 amide bonds. The second-order valence-corrected chi connectivity index (χ2v) is 3.61. The van der Waals surface area contributed by atoms with Gasteiger partial charge in [0.05, 0.1) is 6.42 Å². The molecule has 0 saturated heterocycles. The normalized spacial score (nSPS) is 10.3. The summed E-state index contributed by atoms with van der Waals surface area (Å²) in [6.07, 6.45) is 0.219. The minimum absolute atomic E-state index is 0.219. The molecule has 1 aromatic carbocycles. The Morgan fingerprint density at radius 2 is 2.21 bits per heavy atom. The van der Waals surface area contributed by atoms with E-state index in [1.165, 1.54) is 5.56 Å². The highest BCUT2D eigenvalue weighted by Crippen LogP contribution is 2.15. The van der Waals surface area contributed by atoms with Crippen molar-refractivity contribution in [3.8, 4) is 0 Å². The average Bonchev–Trinajstić information content (AvgIpc) is 2.18. The van der Waals surface area contributed by atoms with Crippen LogP contribution in [0.1, 0.15) is 30.9 Å². The van der Waals surface area contributed by atoms with Crippen LogP contribution in [-0.4, -0.2) is 11.1 Å². The summed E-state index contributed by atoms with van der Waals surface area (Å²) in [5.74, 6) is 0.0676. The van der Waals surface area contributed by atoms with Gasteiger partial charge in [-0.25, -0.2) is 5.48 Å². The Morgan fingerprint density at radius 1 is 1.50 bits per heavy atom. The first-order valence-corrected chi connectivity index (χ1v) is 4.65. The molecule has 2 N–H and O–H groups in total. The number of benzene rings is 1. The second-order valence-electron chi connectivity index (χ2n) is 3.61. The van der Waals surface area contributed by atoms with Crippen LogP contribution in [0.4, 0.5) is 0 Å². The molecular formula is C11H15NO2. The van der Waals surface area contributed by atoms with Gasteiger partial charge < -0.3 is 0 Å². The van der Waals surface area contributed by atoms with E-state index < -0.39 is 0 Å². The van der Waals surface area contributed by atoms with Crippen LogP contribution >= 0.6 is 0 Å². The van der Waals surface area contributed by atoms with E-state index in [1.54, 1.807) is 5.48 Å². The van der Waals surface area contributed by atoms with E-state index in [9.17, 15) is 4.79 Å². The standard InChI is InChI=1S/C11H15NO2/c1-8(2)10-5-3-4-9(6-10)7-11(13)12-14/h3-6,8,14H,7H2,1-2H3,(H,12,13). The van der Waals surface area contributed by atoms with E-state index in [1.807, 2.05) is 24.3 Å². The Kier molecular flexibility index (Phi) is 3.65. The lowest BCUT2D eigenvalue weighted by molar-refractivity contribution is -0.128. The molecule has 1 rings (SSSR count). The van der Waals surface area contributed by atoms with Crippen LogP contribution in [0.3, 0.4) is 0 Å². The van der Waals surface area contributed by atoms with Gasteiger partial charge in [-0.1, -0.05) is 38.1 Å². The van der Waals surface area contributed by atoms with Crippen molar-refractivity contribution in [1.29, 1.82) is 0 Å². The number of rotatable bonds is 3. The topological polar surface area (TPSA) is 49.3 Å². The molecule has 0 saturated carbocycles. The molecule has 76 valence electrons. The van der Waals surface area contributed by atoms with E-state index in [-0.39, 0.29) is 12.3 Å². The van der Waals surface area contributed by atoms with Crippen LogP contribution in [-0.2, 0) is 11.2 Å². The van der Waals surface area contributed by atoms with Crippen LogP contribution in [0, 0.1) is 0 Å². The molecule has 0 aromatic heterocycles. The van der Waals surface area contributed by atoms with Crippen molar-refractivity contribution >= 4 is 5.91 Å². The first-order valence-electron chi connectivity index (χ1n) is 4.65. The maximum atomic E-state index is 10.9. The largest absolute Gasteiger partial charge is 0.289 e. The first-order chi connectivity index (χ1) is 6.63. The predicted octanol–water partition coefficient (Wildman–Crippen LogP) is 1.86. The van der Waals surface area contributed by atoms with E-state index in [4.69, 9.17) is 5.21 Å². The minimum Gasteiger partial charge on any atom is -0.289 e. The molecule has 0 aliphatic rings. The highest BCUT2D eigenvalue weighted by atomic mass is 16.5. The summed E-state index contributed by atoms with van der Waals surface area (Å²) in [6, 6.07) is 7.82. The van der Waals surface area contributed by atoms with E-state index >= 15 is 0 Å². The van der Waals surface area contributed by atoms with Gasteiger partial charge in [0.25, 0.3) is 0 Å². The molecule has 0 unspecified atom stereocenters. The molecule has 0 fully saturated rings. The highest BCUT2D eigenvalue weighted by molar-refractivity contribution is 5.77. The summed E-state index contributed by atoms with van der Waals surface area (Å²) >= 11 is 0. The van der Waals surface area contributed by atoms with Crippen LogP contribution in [0.2, 0.25) is 0 Å². The third kappa shape index (κ3) is 2.85. The lowest BCUT2D eigenvalue weighted by atomic mass is 10.00. The van der Waals surface area contributed by atoms with Gasteiger partial charge in [-0.15, -0.1) is 0 Å². The zero-order chi connectivity index (χ0) is 10.6. The molecule has 0 bridgehead atoms. The Labute approximate surface area is 83.7 Å². The molecule has 0 spiro atoms. The van der Waals surface area contributed by atoms with Gasteiger partial charge in [-0.05, 0) is 17.0 Å². The van der Waals surface area contributed by atoms with Crippen molar-refractivity contribution in [1.82, 2.24) is 5.48 Å². The van der Waals surface area contributed by atoms with Gasteiger partial charge in [0, 0.05) is 0 Å². The summed E-state index contributed by atoms with van der Waals surface area (Å²) in [5, 5.41) is 8.38. The molecular weight excluding hydrogens is 178 g/mol. The Balaban J connectivity index is 2.78. The van der Waals surface area contributed by atoms with Gasteiger partial charge >= 0.3 is 0 Å². The number of hydrogen-bond acceptors (Lipinski definition) is 2. The molecule has 0 aliphatic carbocycles. The van der Waals surface area contributed by atoms with Crippen molar-refractivity contribution in [3.63, 3.8) is 0 Å². The molecule has 0 radical (unpaired) electrons. The highest BCUT2D eigenvalue weighted by Gasteiger charge is 2.04. The zero-order valence-corrected chi connectivity index (χ0v) is 8.45. The van der Waals surface area contributed by atoms with Crippen LogP contribution < -0.4 is 5.48 Å². The number of hydrogen-bond donors (Lipinski definition) is 2. The molecule has 14 heavy (non-hydrogen) atoms. The molecule has 3 nitrogen and oxygen atoms in total. The fourth-order valence-corrected chi connectivity index (χ4v) is 1.29. The Hall–Kier alpha value is -1.35. The molecule has 0 aliphatic heterocycles. The maximum absolute atomic E-state index is 10.9. The van der Waals surface area contributed by atoms with Crippen LogP contribution in [0.25, 0.3) is 0 Å². The van der Waals surface area contributed by atoms with E-state index in [2.05, 4.69) is 13.8 Å². The van der Waals surface area contributed by atoms with Crippen LogP contribution in [0.15, 0.2) is 24.3 Å². The average molecular weight is 193 g/mol. The molecule has 1 aromatic rings. The Bertz CT molecular complexity index is 321. The second kappa shape index (κ2) is 4.77. The fraction of sp³-hybridized carbons (Fsp3) is 0.364. The summed E-state index contributed by atoms with van der Waals surface area (Å²) in [7, 11) is 0. The van der Waals surface area contributed by atoms with E-state index in [0.29, 0.717) is 5.92 Å². The third-order valence-corrected chi connectivity index (χ3v) is 2.11. The van der Waals surface area contributed by atoms with Gasteiger partial charge in [-0.2, -0.15) is 0 Å². The monoisotopic (exact) mass is 193 g/mol. The Morgan fingerprint density at radius 3 is 2.79 bits per heavy atom. The number of carbonyl (C=O) groups excluding carboxylic acids is 1. The number of nitrogens with one attached hydrogen (secondary N) is 1. The predicted molar refractivity (Wildman–Crippen MR) is 54.2 cm³/mol. The van der Waals surface area contributed by atoms with E-state index in [0.717, 1.165) is 5.56 Å². The van der Waals surface area contributed by atoms with Gasteiger partial charge in [0.1, 0.15) is 0 Å². The summed E-state index contributed by atoms with van der Waals surface area (Å²) in [6.45, 7) is 4.20. The van der Waals surface area contributed by atoms with Gasteiger partial charge in [-0.3, -0.25) is 10.0 Å². The van der Waals surface area contributed by atoms with Crippen LogP contribution in [0.5, 0.6) is 0 Å². The minimum atomic E-state index is -0.383.